The normalized spacial score (nSPS) is 10.0. The van der Waals surface area contributed by atoms with Crippen LogP contribution in [0.15, 0.2) is 12.4 Å². The van der Waals surface area contributed by atoms with Crippen LogP contribution >= 0.6 is 0 Å². The van der Waals surface area contributed by atoms with E-state index in [4.69, 9.17) is 9.84 Å². The van der Waals surface area contributed by atoms with Gasteiger partial charge in [0.25, 0.3) is 0 Å². The second-order valence-electron chi connectivity index (χ2n) is 3.78. The summed E-state index contributed by atoms with van der Waals surface area (Å²) in [7, 11) is 3.20. The Labute approximate surface area is 110 Å². The van der Waals surface area contributed by atoms with Crippen molar-refractivity contribution in [3.8, 4) is 0 Å². The van der Waals surface area contributed by atoms with Gasteiger partial charge in [-0.15, -0.1) is 0 Å². The summed E-state index contributed by atoms with van der Waals surface area (Å²) in [4.78, 5) is 31.4. The lowest BCUT2D eigenvalue weighted by Gasteiger charge is -2.16. The third-order valence-corrected chi connectivity index (χ3v) is 2.24. The fraction of sp³-hybridized carbons (Fsp3) is 0.455. The Bertz CT molecular complexity index is 435. The fourth-order valence-corrected chi connectivity index (χ4v) is 1.26. The number of ether oxygens (including phenoxy) is 1. The summed E-state index contributed by atoms with van der Waals surface area (Å²) in [6.45, 7) is 0.956. The van der Waals surface area contributed by atoms with Gasteiger partial charge in [0.05, 0.1) is 18.7 Å². The Morgan fingerprint density at radius 3 is 2.58 bits per heavy atom. The summed E-state index contributed by atoms with van der Waals surface area (Å²) >= 11 is 0. The van der Waals surface area contributed by atoms with E-state index in [2.05, 4.69) is 15.3 Å². The first-order valence-corrected chi connectivity index (χ1v) is 5.56. The van der Waals surface area contributed by atoms with Gasteiger partial charge in [-0.2, -0.15) is 0 Å². The number of carbonyl (C=O) groups is 2. The van der Waals surface area contributed by atoms with Crippen LogP contribution < -0.4 is 10.2 Å². The molecule has 2 N–H and O–H groups in total. The Morgan fingerprint density at radius 2 is 2.05 bits per heavy atom. The molecule has 0 atom stereocenters. The van der Waals surface area contributed by atoms with Crippen molar-refractivity contribution in [2.45, 2.75) is 0 Å². The predicted molar refractivity (Wildman–Crippen MR) is 67.1 cm³/mol. The number of anilines is 1. The van der Waals surface area contributed by atoms with Crippen LogP contribution in [0.2, 0.25) is 0 Å². The van der Waals surface area contributed by atoms with E-state index in [1.165, 1.54) is 17.3 Å². The van der Waals surface area contributed by atoms with E-state index < -0.39 is 5.97 Å². The molecule has 0 aliphatic rings. The Hall–Kier alpha value is -2.22. The van der Waals surface area contributed by atoms with Gasteiger partial charge in [0, 0.05) is 33.1 Å². The van der Waals surface area contributed by atoms with Crippen LogP contribution in [-0.2, 0) is 9.53 Å². The van der Waals surface area contributed by atoms with Crippen molar-refractivity contribution in [1.29, 1.82) is 0 Å². The predicted octanol–water partition coefficient (Wildman–Crippen LogP) is -0.626. The minimum Gasteiger partial charge on any atom is -0.478 e. The van der Waals surface area contributed by atoms with E-state index in [0.29, 0.717) is 13.2 Å². The zero-order valence-electron chi connectivity index (χ0n) is 10.8. The first-order valence-electron chi connectivity index (χ1n) is 5.56. The number of nitrogens with zero attached hydrogens (tertiary/aromatic N) is 3. The van der Waals surface area contributed by atoms with Crippen molar-refractivity contribution in [1.82, 2.24) is 15.3 Å². The van der Waals surface area contributed by atoms with E-state index in [0.717, 1.165) is 0 Å². The van der Waals surface area contributed by atoms with Gasteiger partial charge < -0.3 is 20.1 Å². The lowest BCUT2D eigenvalue weighted by Crippen LogP contribution is -2.37. The number of aromatic nitrogens is 2. The molecular formula is C11H16N4O4. The zero-order valence-corrected chi connectivity index (χ0v) is 10.8. The van der Waals surface area contributed by atoms with E-state index in [9.17, 15) is 9.59 Å². The smallest absolute Gasteiger partial charge is 0.338 e. The van der Waals surface area contributed by atoms with E-state index in [1.807, 2.05) is 0 Å². The molecule has 0 spiro atoms. The highest BCUT2D eigenvalue weighted by molar-refractivity contribution is 5.87. The SMILES string of the molecule is COCCNC(=O)CN(C)c1ncc(C(=O)O)cn1. The maximum atomic E-state index is 11.5. The number of carbonyl (C=O) groups excluding carboxylic acids is 1. The van der Waals surface area contributed by atoms with Crippen molar-refractivity contribution in [3.63, 3.8) is 0 Å². The monoisotopic (exact) mass is 268 g/mol. The lowest BCUT2D eigenvalue weighted by atomic mass is 10.3. The second kappa shape index (κ2) is 7.27. The molecule has 0 aliphatic carbocycles. The first-order chi connectivity index (χ1) is 9.04. The number of carboxylic acid groups (broad SMARTS) is 1. The van der Waals surface area contributed by atoms with E-state index >= 15 is 0 Å². The number of nitrogens with one attached hydrogen (secondary N) is 1. The molecule has 0 fully saturated rings. The molecule has 8 nitrogen and oxygen atoms in total. The third kappa shape index (κ3) is 4.88. The van der Waals surface area contributed by atoms with Crippen molar-refractivity contribution in [2.24, 2.45) is 0 Å². The fourth-order valence-electron chi connectivity index (χ4n) is 1.26. The van der Waals surface area contributed by atoms with Crippen LogP contribution in [0, 0.1) is 0 Å². The van der Waals surface area contributed by atoms with Crippen LogP contribution in [0.1, 0.15) is 10.4 Å². The molecule has 1 aromatic rings. The topological polar surface area (TPSA) is 105 Å². The number of likely N-dealkylation sites (N-methyl/N-ethyl adjacent to an activating group) is 1. The molecule has 1 heterocycles. The maximum absolute atomic E-state index is 11.5. The summed E-state index contributed by atoms with van der Waals surface area (Å²) < 4.78 is 4.81. The molecule has 104 valence electrons. The van der Waals surface area contributed by atoms with Crippen LogP contribution in [0.4, 0.5) is 5.95 Å². The molecule has 1 aromatic heterocycles. The molecular weight excluding hydrogens is 252 g/mol. The molecule has 1 amide bonds. The molecule has 0 aliphatic heterocycles. The number of amides is 1. The lowest BCUT2D eigenvalue weighted by molar-refractivity contribution is -0.119. The van der Waals surface area contributed by atoms with Gasteiger partial charge in [0.15, 0.2) is 0 Å². The van der Waals surface area contributed by atoms with Gasteiger partial charge in [0.2, 0.25) is 11.9 Å². The van der Waals surface area contributed by atoms with Gasteiger partial charge in [-0.1, -0.05) is 0 Å². The summed E-state index contributed by atoms with van der Waals surface area (Å²) in [5.41, 5.74) is 0.00157. The summed E-state index contributed by atoms with van der Waals surface area (Å²) in [6, 6.07) is 0. The van der Waals surface area contributed by atoms with Gasteiger partial charge in [0.1, 0.15) is 0 Å². The Balaban J connectivity index is 2.50. The van der Waals surface area contributed by atoms with Crippen LogP contribution in [-0.4, -0.2) is 60.8 Å². The standard InChI is InChI=1S/C11H16N4O4/c1-15(7-9(16)12-3-4-19-2)11-13-5-8(6-14-11)10(17)18/h5-6H,3-4,7H2,1-2H3,(H,12,16)(H,17,18). The molecule has 1 rings (SSSR count). The summed E-state index contributed by atoms with van der Waals surface area (Å²) in [5.74, 6) is -0.996. The van der Waals surface area contributed by atoms with Crippen LogP contribution in [0.25, 0.3) is 0 Å². The van der Waals surface area contributed by atoms with Gasteiger partial charge in [-0.05, 0) is 0 Å². The molecule has 0 saturated carbocycles. The molecule has 8 heteroatoms. The number of hydrogen-bond donors (Lipinski definition) is 2. The summed E-state index contributed by atoms with van der Waals surface area (Å²) in [6.07, 6.45) is 2.40. The van der Waals surface area contributed by atoms with Crippen molar-refractivity contribution < 1.29 is 19.4 Å². The highest BCUT2D eigenvalue weighted by atomic mass is 16.5. The van der Waals surface area contributed by atoms with Crippen molar-refractivity contribution in [3.05, 3.63) is 18.0 Å². The average Bonchev–Trinajstić information content (AvgIpc) is 2.39. The maximum Gasteiger partial charge on any atom is 0.338 e. The molecule has 0 unspecified atom stereocenters. The molecule has 0 aromatic carbocycles. The van der Waals surface area contributed by atoms with Crippen molar-refractivity contribution >= 4 is 17.8 Å². The molecule has 19 heavy (non-hydrogen) atoms. The third-order valence-electron chi connectivity index (χ3n) is 2.24. The largest absolute Gasteiger partial charge is 0.478 e. The first kappa shape index (κ1) is 14.8. The number of hydrogen-bond acceptors (Lipinski definition) is 6. The highest BCUT2D eigenvalue weighted by Crippen LogP contribution is 2.04. The van der Waals surface area contributed by atoms with E-state index in [1.54, 1.807) is 14.2 Å². The van der Waals surface area contributed by atoms with Crippen molar-refractivity contribution in [2.75, 3.05) is 38.8 Å². The quantitative estimate of drug-likeness (QED) is 0.634. The Morgan fingerprint density at radius 1 is 1.42 bits per heavy atom. The van der Waals surface area contributed by atoms with Gasteiger partial charge >= 0.3 is 5.97 Å². The zero-order chi connectivity index (χ0) is 14.3. The molecule has 0 saturated heterocycles. The second-order valence-corrected chi connectivity index (χ2v) is 3.78. The summed E-state index contributed by atoms with van der Waals surface area (Å²) in [5, 5.41) is 11.4. The average molecular weight is 268 g/mol. The molecule has 0 radical (unpaired) electrons. The Kier molecular flexibility index (Phi) is 5.68. The van der Waals surface area contributed by atoms with Gasteiger partial charge in [-0.3, -0.25) is 4.79 Å². The van der Waals surface area contributed by atoms with Gasteiger partial charge in [-0.25, -0.2) is 14.8 Å². The number of aromatic carboxylic acids is 1. The number of methoxy groups -OCH3 is 1. The minimum absolute atomic E-state index is 0.00157. The van der Waals surface area contributed by atoms with Crippen LogP contribution in [0.3, 0.4) is 0 Å². The van der Waals surface area contributed by atoms with E-state index in [-0.39, 0.29) is 24.0 Å². The number of rotatable bonds is 7. The van der Waals surface area contributed by atoms with Crippen LogP contribution in [0.5, 0.6) is 0 Å². The highest BCUT2D eigenvalue weighted by Gasteiger charge is 2.10. The number of carboxylic acids is 1. The minimum atomic E-state index is -1.09. The molecule has 0 bridgehead atoms.